The van der Waals surface area contributed by atoms with E-state index >= 15 is 0 Å². The Balaban J connectivity index is 1.98. The first-order chi connectivity index (χ1) is 10.2. The molecule has 3 rings (SSSR count). The molecule has 0 amide bonds. The van der Waals surface area contributed by atoms with Gasteiger partial charge in [-0.15, -0.1) is 0 Å². The first-order valence-corrected chi connectivity index (χ1v) is 8.49. The molecule has 1 atom stereocenters. The van der Waals surface area contributed by atoms with Crippen LogP contribution in [0.5, 0.6) is 0 Å². The van der Waals surface area contributed by atoms with E-state index in [4.69, 9.17) is 5.11 Å². The van der Waals surface area contributed by atoms with Crippen LogP contribution < -0.4 is 0 Å². The molecule has 2 aromatic rings. The quantitative estimate of drug-likeness (QED) is 0.787. The molecule has 1 aromatic carbocycles. The number of aliphatic carboxylic acids is 1. The van der Waals surface area contributed by atoms with Crippen molar-refractivity contribution >= 4 is 28.8 Å². The van der Waals surface area contributed by atoms with Gasteiger partial charge in [-0.1, -0.05) is 43.7 Å². The van der Waals surface area contributed by atoms with E-state index in [1.807, 2.05) is 18.2 Å². The fraction of sp³-hybridized carbons (Fsp3) is 0.500. The Hall–Kier alpha value is -1.49. The molecule has 0 radical (unpaired) electrons. The second-order valence-electron chi connectivity index (χ2n) is 5.68. The van der Waals surface area contributed by atoms with Gasteiger partial charge in [0.15, 0.2) is 5.16 Å². The van der Waals surface area contributed by atoms with Gasteiger partial charge in [-0.25, -0.2) is 4.98 Å². The Kier molecular flexibility index (Phi) is 4.19. The number of imidazole rings is 1. The van der Waals surface area contributed by atoms with Crippen molar-refractivity contribution in [2.45, 2.75) is 43.8 Å². The summed E-state index contributed by atoms with van der Waals surface area (Å²) in [4.78, 5) is 15.5. The smallest absolute Gasteiger partial charge is 0.313 e. The monoisotopic (exact) mass is 304 g/mol. The van der Waals surface area contributed by atoms with E-state index in [1.165, 1.54) is 31.0 Å². The lowest BCUT2D eigenvalue weighted by atomic mass is 10.1. The summed E-state index contributed by atoms with van der Waals surface area (Å²) < 4.78 is 2.27. The number of nitrogens with zero attached hydrogens (tertiary/aromatic N) is 2. The minimum atomic E-state index is -0.797. The topological polar surface area (TPSA) is 55.1 Å². The zero-order valence-corrected chi connectivity index (χ0v) is 13.0. The first-order valence-electron chi connectivity index (χ1n) is 7.50. The average molecular weight is 304 g/mol. The van der Waals surface area contributed by atoms with Crippen LogP contribution >= 0.6 is 11.8 Å². The van der Waals surface area contributed by atoms with Gasteiger partial charge in [0, 0.05) is 6.04 Å². The zero-order chi connectivity index (χ0) is 14.8. The van der Waals surface area contributed by atoms with Gasteiger partial charge < -0.3 is 9.67 Å². The van der Waals surface area contributed by atoms with Crippen LogP contribution in [0.25, 0.3) is 11.0 Å². The number of hydrogen-bond acceptors (Lipinski definition) is 3. The van der Waals surface area contributed by atoms with E-state index in [-0.39, 0.29) is 5.75 Å². The second-order valence-corrected chi connectivity index (χ2v) is 6.62. The van der Waals surface area contributed by atoms with Crippen LogP contribution in [0.1, 0.15) is 38.6 Å². The summed E-state index contributed by atoms with van der Waals surface area (Å²) in [5, 5.41) is 9.77. The lowest BCUT2D eigenvalue weighted by Gasteiger charge is -2.20. The van der Waals surface area contributed by atoms with Gasteiger partial charge in [0.2, 0.25) is 0 Å². The lowest BCUT2D eigenvalue weighted by Crippen LogP contribution is -2.11. The van der Waals surface area contributed by atoms with Crippen molar-refractivity contribution in [3.8, 4) is 0 Å². The lowest BCUT2D eigenvalue weighted by molar-refractivity contribution is -0.133. The third kappa shape index (κ3) is 3.23. The average Bonchev–Trinajstić information content (AvgIpc) is 3.22. The molecule has 1 aliphatic carbocycles. The number of carboxylic acids is 1. The van der Waals surface area contributed by atoms with Gasteiger partial charge in [0.25, 0.3) is 0 Å². The standard InChI is InChI=1S/C16H20N2O2S/c1-2-12(9-11-7-8-11)18-14-6-4-3-5-13(14)17-16(18)21-10-15(19)20/h3-6,11-12H,2,7-10H2,1H3,(H,19,20). The third-order valence-electron chi connectivity index (χ3n) is 4.03. The van der Waals surface area contributed by atoms with Crippen LogP contribution in [-0.4, -0.2) is 26.4 Å². The van der Waals surface area contributed by atoms with E-state index in [2.05, 4.69) is 22.5 Å². The summed E-state index contributed by atoms with van der Waals surface area (Å²) in [6.45, 7) is 2.20. The van der Waals surface area contributed by atoms with Crippen molar-refractivity contribution < 1.29 is 9.90 Å². The maximum atomic E-state index is 10.9. The summed E-state index contributed by atoms with van der Waals surface area (Å²) in [5.41, 5.74) is 2.08. The van der Waals surface area contributed by atoms with Crippen LogP contribution in [0.15, 0.2) is 29.4 Å². The number of benzene rings is 1. The van der Waals surface area contributed by atoms with Gasteiger partial charge in [0.05, 0.1) is 16.8 Å². The van der Waals surface area contributed by atoms with Crippen molar-refractivity contribution in [1.29, 1.82) is 0 Å². The number of carbonyl (C=O) groups is 1. The van der Waals surface area contributed by atoms with Crippen molar-refractivity contribution in [3.05, 3.63) is 24.3 Å². The van der Waals surface area contributed by atoms with Gasteiger partial charge >= 0.3 is 5.97 Å². The number of hydrogen-bond donors (Lipinski definition) is 1. The van der Waals surface area contributed by atoms with E-state index in [0.29, 0.717) is 6.04 Å². The number of rotatable bonds is 7. The molecule has 0 saturated heterocycles. The first kappa shape index (κ1) is 14.4. The van der Waals surface area contributed by atoms with E-state index in [0.717, 1.165) is 28.5 Å². The van der Waals surface area contributed by atoms with Crippen molar-refractivity contribution in [3.63, 3.8) is 0 Å². The highest BCUT2D eigenvalue weighted by Gasteiger charge is 2.27. The number of fused-ring (bicyclic) bond motifs is 1. The van der Waals surface area contributed by atoms with Crippen LogP contribution in [-0.2, 0) is 4.79 Å². The SMILES string of the molecule is CCC(CC1CC1)n1c(SCC(=O)O)nc2ccccc21. The number of carboxylic acid groups (broad SMARTS) is 1. The van der Waals surface area contributed by atoms with Gasteiger partial charge in [-0.2, -0.15) is 0 Å². The largest absolute Gasteiger partial charge is 0.481 e. The Morgan fingerprint density at radius 1 is 1.48 bits per heavy atom. The van der Waals surface area contributed by atoms with E-state index < -0.39 is 5.97 Å². The molecular formula is C16H20N2O2S. The molecule has 0 aliphatic heterocycles. The third-order valence-corrected chi connectivity index (χ3v) is 4.96. The predicted octanol–water partition coefficient (Wildman–Crippen LogP) is 3.96. The summed E-state index contributed by atoms with van der Waals surface area (Å²) in [6, 6.07) is 8.51. The Morgan fingerprint density at radius 2 is 2.24 bits per heavy atom. The van der Waals surface area contributed by atoms with Crippen LogP contribution in [0.2, 0.25) is 0 Å². The number of para-hydroxylation sites is 2. The highest BCUT2D eigenvalue weighted by atomic mass is 32.2. The zero-order valence-electron chi connectivity index (χ0n) is 12.2. The maximum Gasteiger partial charge on any atom is 0.313 e. The summed E-state index contributed by atoms with van der Waals surface area (Å²) in [5.74, 6) is 0.102. The highest BCUT2D eigenvalue weighted by Crippen LogP contribution is 2.40. The van der Waals surface area contributed by atoms with Gasteiger partial charge in [-0.05, 0) is 30.9 Å². The minimum absolute atomic E-state index is 0.0587. The fourth-order valence-corrected chi connectivity index (χ4v) is 3.60. The Labute approximate surface area is 128 Å². The molecule has 1 heterocycles. The van der Waals surface area contributed by atoms with Crippen LogP contribution in [0, 0.1) is 5.92 Å². The number of aromatic nitrogens is 2. The molecule has 1 aromatic heterocycles. The van der Waals surface area contributed by atoms with E-state index in [1.54, 1.807) is 0 Å². The van der Waals surface area contributed by atoms with Gasteiger partial charge in [-0.3, -0.25) is 4.79 Å². The van der Waals surface area contributed by atoms with Gasteiger partial charge in [0.1, 0.15) is 0 Å². The summed E-state index contributed by atoms with van der Waals surface area (Å²) in [7, 11) is 0. The molecule has 1 saturated carbocycles. The molecule has 0 spiro atoms. The highest BCUT2D eigenvalue weighted by molar-refractivity contribution is 7.99. The molecule has 4 nitrogen and oxygen atoms in total. The molecule has 5 heteroatoms. The minimum Gasteiger partial charge on any atom is -0.481 e. The molecule has 0 bridgehead atoms. The molecule has 1 unspecified atom stereocenters. The molecule has 112 valence electrons. The van der Waals surface area contributed by atoms with Crippen LogP contribution in [0.4, 0.5) is 0 Å². The molecule has 1 aliphatic rings. The molecular weight excluding hydrogens is 284 g/mol. The number of thioether (sulfide) groups is 1. The normalized spacial score (nSPS) is 16.2. The molecule has 1 fully saturated rings. The van der Waals surface area contributed by atoms with Crippen molar-refractivity contribution in [2.75, 3.05) is 5.75 Å². The summed E-state index contributed by atoms with van der Waals surface area (Å²) >= 11 is 1.32. The summed E-state index contributed by atoms with van der Waals surface area (Å²) in [6.07, 6.45) is 4.90. The molecule has 21 heavy (non-hydrogen) atoms. The van der Waals surface area contributed by atoms with Crippen LogP contribution in [0.3, 0.4) is 0 Å². The van der Waals surface area contributed by atoms with E-state index in [9.17, 15) is 4.79 Å². The second kappa shape index (κ2) is 6.10. The van der Waals surface area contributed by atoms with Crippen molar-refractivity contribution in [1.82, 2.24) is 9.55 Å². The Bertz CT molecular complexity index is 649. The fourth-order valence-electron chi connectivity index (χ4n) is 2.80. The predicted molar refractivity (Wildman–Crippen MR) is 84.8 cm³/mol. The Morgan fingerprint density at radius 3 is 2.90 bits per heavy atom. The van der Waals surface area contributed by atoms with Crippen molar-refractivity contribution in [2.24, 2.45) is 5.92 Å². The maximum absolute atomic E-state index is 10.9. The molecule has 1 N–H and O–H groups in total.